The van der Waals surface area contributed by atoms with Crippen molar-refractivity contribution in [3.8, 4) is 0 Å². The first-order chi connectivity index (χ1) is 8.63. The van der Waals surface area contributed by atoms with Crippen molar-refractivity contribution in [2.45, 2.75) is 39.2 Å². The number of nitrogens with zero attached hydrogens (tertiary/aromatic N) is 2. The Morgan fingerprint density at radius 3 is 2.39 bits per heavy atom. The maximum atomic E-state index is 3.80. The lowest BCUT2D eigenvalue weighted by atomic mass is 10.0. The molecule has 0 spiro atoms. The van der Waals surface area contributed by atoms with Crippen molar-refractivity contribution in [3.63, 3.8) is 0 Å². The maximum Gasteiger partial charge on any atom is 0.00915 e. The van der Waals surface area contributed by atoms with Gasteiger partial charge < -0.3 is 15.1 Å². The molecule has 1 N–H and O–H groups in total. The Hall–Kier alpha value is -0.120. The van der Waals surface area contributed by atoms with E-state index < -0.39 is 0 Å². The molecule has 0 aliphatic carbocycles. The molecular weight excluding hydrogens is 222 g/mol. The van der Waals surface area contributed by atoms with Crippen LogP contribution in [0.25, 0.3) is 0 Å². The molecule has 0 saturated carbocycles. The number of hydrogen-bond donors (Lipinski definition) is 1. The van der Waals surface area contributed by atoms with Gasteiger partial charge in [0.2, 0.25) is 0 Å². The summed E-state index contributed by atoms with van der Waals surface area (Å²) in [6, 6.07) is 0.777. The highest BCUT2D eigenvalue weighted by Crippen LogP contribution is 2.16. The van der Waals surface area contributed by atoms with Crippen molar-refractivity contribution in [1.82, 2.24) is 15.1 Å². The summed E-state index contributed by atoms with van der Waals surface area (Å²) >= 11 is 0. The predicted octanol–water partition coefficient (Wildman–Crippen LogP) is 1.65. The first kappa shape index (κ1) is 14.3. The van der Waals surface area contributed by atoms with Gasteiger partial charge in [-0.05, 0) is 64.3 Å². The standard InChI is InChI=1S/C15H31N3/c1-13(2)11-18-8-5-15(6-9-18)16-10-14-4-7-17(3)12-14/h13-16H,4-12H2,1-3H3. The summed E-state index contributed by atoms with van der Waals surface area (Å²) < 4.78 is 0. The lowest BCUT2D eigenvalue weighted by molar-refractivity contribution is 0.177. The first-order valence-electron chi connectivity index (χ1n) is 7.77. The molecule has 0 radical (unpaired) electrons. The predicted molar refractivity (Wildman–Crippen MR) is 77.9 cm³/mol. The van der Waals surface area contributed by atoms with E-state index in [4.69, 9.17) is 0 Å². The van der Waals surface area contributed by atoms with E-state index in [-0.39, 0.29) is 0 Å². The van der Waals surface area contributed by atoms with Crippen LogP contribution in [0.5, 0.6) is 0 Å². The van der Waals surface area contributed by atoms with Gasteiger partial charge >= 0.3 is 0 Å². The fourth-order valence-corrected chi connectivity index (χ4v) is 3.36. The fraction of sp³-hybridized carbons (Fsp3) is 1.00. The van der Waals surface area contributed by atoms with Crippen molar-refractivity contribution in [3.05, 3.63) is 0 Å². The molecule has 2 fully saturated rings. The van der Waals surface area contributed by atoms with E-state index in [0.717, 1.165) is 17.9 Å². The quantitative estimate of drug-likeness (QED) is 0.804. The van der Waals surface area contributed by atoms with Gasteiger partial charge in [-0.2, -0.15) is 0 Å². The van der Waals surface area contributed by atoms with Crippen molar-refractivity contribution >= 4 is 0 Å². The monoisotopic (exact) mass is 253 g/mol. The van der Waals surface area contributed by atoms with Crippen LogP contribution in [-0.2, 0) is 0 Å². The van der Waals surface area contributed by atoms with Crippen LogP contribution >= 0.6 is 0 Å². The smallest absolute Gasteiger partial charge is 0.00915 e. The Morgan fingerprint density at radius 2 is 1.83 bits per heavy atom. The lowest BCUT2D eigenvalue weighted by Crippen LogP contribution is -2.44. The van der Waals surface area contributed by atoms with Crippen LogP contribution in [0.15, 0.2) is 0 Å². The second-order valence-corrected chi connectivity index (χ2v) is 6.79. The molecule has 2 rings (SSSR count). The summed E-state index contributed by atoms with van der Waals surface area (Å²) in [5.41, 5.74) is 0. The minimum atomic E-state index is 0.777. The molecule has 1 atom stereocenters. The number of rotatable bonds is 5. The summed E-state index contributed by atoms with van der Waals surface area (Å²) in [4.78, 5) is 5.09. The van der Waals surface area contributed by atoms with E-state index in [2.05, 4.69) is 36.0 Å². The molecule has 0 bridgehead atoms. The highest BCUT2D eigenvalue weighted by Gasteiger charge is 2.23. The molecule has 1 unspecified atom stereocenters. The van der Waals surface area contributed by atoms with Gasteiger partial charge in [-0.1, -0.05) is 13.8 Å². The zero-order chi connectivity index (χ0) is 13.0. The Kier molecular flexibility index (Phi) is 5.46. The van der Waals surface area contributed by atoms with Gasteiger partial charge in [-0.15, -0.1) is 0 Å². The topological polar surface area (TPSA) is 18.5 Å². The average molecular weight is 253 g/mol. The highest BCUT2D eigenvalue weighted by atomic mass is 15.1. The molecule has 0 aromatic heterocycles. The van der Waals surface area contributed by atoms with E-state index in [1.54, 1.807) is 0 Å². The maximum absolute atomic E-state index is 3.80. The van der Waals surface area contributed by atoms with Gasteiger partial charge in [0.25, 0.3) is 0 Å². The van der Waals surface area contributed by atoms with Crippen LogP contribution in [-0.4, -0.2) is 62.2 Å². The van der Waals surface area contributed by atoms with Crippen LogP contribution in [0.3, 0.4) is 0 Å². The number of piperidine rings is 1. The van der Waals surface area contributed by atoms with Gasteiger partial charge in [0.05, 0.1) is 0 Å². The molecule has 18 heavy (non-hydrogen) atoms. The van der Waals surface area contributed by atoms with Crippen molar-refractivity contribution in [2.75, 3.05) is 46.3 Å². The highest BCUT2D eigenvalue weighted by molar-refractivity contribution is 4.81. The van der Waals surface area contributed by atoms with Crippen molar-refractivity contribution < 1.29 is 0 Å². The molecule has 2 aliphatic heterocycles. The summed E-state index contributed by atoms with van der Waals surface area (Å²) in [6.07, 6.45) is 4.07. The zero-order valence-electron chi connectivity index (χ0n) is 12.5. The van der Waals surface area contributed by atoms with Crippen LogP contribution in [0.4, 0.5) is 0 Å². The summed E-state index contributed by atoms with van der Waals surface area (Å²) in [5, 5.41) is 3.80. The van der Waals surface area contributed by atoms with Gasteiger partial charge in [-0.25, -0.2) is 0 Å². The third kappa shape index (κ3) is 4.52. The van der Waals surface area contributed by atoms with Crippen LogP contribution in [0.1, 0.15) is 33.1 Å². The van der Waals surface area contributed by atoms with E-state index in [1.165, 1.54) is 58.5 Å². The zero-order valence-corrected chi connectivity index (χ0v) is 12.5. The van der Waals surface area contributed by atoms with Gasteiger partial charge in [0.1, 0.15) is 0 Å². The summed E-state index contributed by atoms with van der Waals surface area (Å²) in [5.74, 6) is 1.70. The number of hydrogen-bond acceptors (Lipinski definition) is 3. The van der Waals surface area contributed by atoms with Crippen molar-refractivity contribution in [1.29, 1.82) is 0 Å². The molecule has 0 aromatic rings. The average Bonchev–Trinajstić information content (AvgIpc) is 2.74. The second-order valence-electron chi connectivity index (χ2n) is 6.79. The molecule has 3 nitrogen and oxygen atoms in total. The molecule has 2 heterocycles. The van der Waals surface area contributed by atoms with E-state index in [0.29, 0.717) is 0 Å². The van der Waals surface area contributed by atoms with Gasteiger partial charge in [0.15, 0.2) is 0 Å². The normalized spacial score (nSPS) is 28.3. The molecule has 3 heteroatoms. The third-order valence-electron chi connectivity index (χ3n) is 4.40. The molecule has 2 aliphatic rings. The molecular formula is C15H31N3. The van der Waals surface area contributed by atoms with E-state index in [1.807, 2.05) is 0 Å². The minimum absolute atomic E-state index is 0.777. The van der Waals surface area contributed by atoms with Gasteiger partial charge in [-0.3, -0.25) is 0 Å². The van der Waals surface area contributed by atoms with E-state index in [9.17, 15) is 0 Å². The Morgan fingerprint density at radius 1 is 1.11 bits per heavy atom. The molecule has 106 valence electrons. The fourth-order valence-electron chi connectivity index (χ4n) is 3.36. The largest absolute Gasteiger partial charge is 0.314 e. The van der Waals surface area contributed by atoms with Gasteiger partial charge in [0, 0.05) is 19.1 Å². The SMILES string of the molecule is CC(C)CN1CCC(NCC2CCN(C)C2)CC1. The van der Waals surface area contributed by atoms with Crippen molar-refractivity contribution in [2.24, 2.45) is 11.8 Å². The van der Waals surface area contributed by atoms with E-state index >= 15 is 0 Å². The van der Waals surface area contributed by atoms with Crippen LogP contribution in [0.2, 0.25) is 0 Å². The van der Waals surface area contributed by atoms with Crippen LogP contribution in [0, 0.1) is 11.8 Å². The number of nitrogens with one attached hydrogen (secondary N) is 1. The molecule has 0 amide bonds. The minimum Gasteiger partial charge on any atom is -0.314 e. The second kappa shape index (κ2) is 6.88. The molecule has 0 aromatic carbocycles. The van der Waals surface area contributed by atoms with Crippen LogP contribution < -0.4 is 5.32 Å². The lowest BCUT2D eigenvalue weighted by Gasteiger charge is -2.33. The number of likely N-dealkylation sites (tertiary alicyclic amines) is 2. The first-order valence-corrected chi connectivity index (χ1v) is 7.77. The summed E-state index contributed by atoms with van der Waals surface area (Å²) in [6.45, 7) is 12.3. The Bertz CT molecular complexity index is 234. The third-order valence-corrected chi connectivity index (χ3v) is 4.40. The summed E-state index contributed by atoms with van der Waals surface area (Å²) in [7, 11) is 2.24. The Labute approximate surface area is 113 Å². The molecule has 2 saturated heterocycles. The Balaban J connectivity index is 1.59.